The molecule has 84 valence electrons. The normalized spacial score (nSPS) is 11.6. The van der Waals surface area contributed by atoms with Gasteiger partial charge in [0.15, 0.2) is 6.10 Å². The zero-order valence-corrected chi connectivity index (χ0v) is 8.54. The molecular weight excluding hydrogens is 212 g/mol. The van der Waals surface area contributed by atoms with Crippen molar-refractivity contribution in [3.8, 4) is 0 Å². The van der Waals surface area contributed by atoms with E-state index in [1.54, 1.807) is 18.2 Å². The Kier molecular flexibility index (Phi) is 3.77. The van der Waals surface area contributed by atoms with Crippen LogP contribution in [0.2, 0.25) is 0 Å². The quantitative estimate of drug-likeness (QED) is 0.464. The maximum absolute atomic E-state index is 11.4. The van der Waals surface area contributed by atoms with E-state index in [2.05, 4.69) is 4.74 Å². The van der Waals surface area contributed by atoms with Gasteiger partial charge in [-0.05, 0) is 6.92 Å². The molecule has 1 N–H and O–H groups in total. The van der Waals surface area contributed by atoms with Crippen LogP contribution in [-0.2, 0) is 14.3 Å². The number of carboxylic acid groups (broad SMARTS) is 1. The summed E-state index contributed by atoms with van der Waals surface area (Å²) in [4.78, 5) is 33.1. The molecule has 1 aromatic rings. The molecule has 0 unspecified atom stereocenters. The number of ketones is 1. The molecule has 0 aliphatic carbocycles. The number of hydrogen-bond acceptors (Lipinski definition) is 4. The van der Waals surface area contributed by atoms with Crippen molar-refractivity contribution >= 4 is 17.7 Å². The minimum atomic E-state index is -1.33. The highest BCUT2D eigenvalue weighted by atomic mass is 16.6. The standard InChI is InChI=1S/C11H10O5/c1-7(10(13)14)16-11(15)9(12)8-5-3-2-4-6-8/h2-7H,1H3,(H,13,14)/t7-/m0/s1. The van der Waals surface area contributed by atoms with Crippen molar-refractivity contribution < 1.29 is 24.2 Å². The van der Waals surface area contributed by atoms with Gasteiger partial charge in [-0.25, -0.2) is 9.59 Å². The molecule has 5 heteroatoms. The van der Waals surface area contributed by atoms with Crippen LogP contribution in [0.5, 0.6) is 0 Å². The minimum Gasteiger partial charge on any atom is -0.479 e. The predicted molar refractivity (Wildman–Crippen MR) is 54.0 cm³/mol. The van der Waals surface area contributed by atoms with Gasteiger partial charge in [0.2, 0.25) is 0 Å². The number of carboxylic acids is 1. The molecule has 1 rings (SSSR count). The van der Waals surface area contributed by atoms with Gasteiger partial charge in [-0.1, -0.05) is 30.3 Å². The third kappa shape index (κ3) is 2.91. The predicted octanol–water partition coefficient (Wildman–Crippen LogP) is 0.886. The molecule has 0 saturated heterocycles. The average molecular weight is 222 g/mol. The largest absolute Gasteiger partial charge is 0.479 e. The molecule has 0 heterocycles. The fourth-order valence-electron chi connectivity index (χ4n) is 0.972. The number of carbonyl (C=O) groups excluding carboxylic acids is 2. The summed E-state index contributed by atoms with van der Waals surface area (Å²) in [6.07, 6.45) is -1.33. The van der Waals surface area contributed by atoms with Gasteiger partial charge in [0, 0.05) is 5.56 Å². The topological polar surface area (TPSA) is 80.7 Å². The van der Waals surface area contributed by atoms with Crippen molar-refractivity contribution in [2.75, 3.05) is 0 Å². The maximum atomic E-state index is 11.4. The molecule has 1 atom stereocenters. The summed E-state index contributed by atoms with van der Waals surface area (Å²) < 4.78 is 4.44. The number of aliphatic carboxylic acids is 1. The average Bonchev–Trinajstić information content (AvgIpc) is 2.28. The van der Waals surface area contributed by atoms with E-state index in [-0.39, 0.29) is 5.56 Å². The van der Waals surface area contributed by atoms with Crippen molar-refractivity contribution in [2.24, 2.45) is 0 Å². The Bertz CT molecular complexity index is 410. The van der Waals surface area contributed by atoms with E-state index >= 15 is 0 Å². The fraction of sp³-hybridized carbons (Fsp3) is 0.182. The molecule has 0 amide bonds. The molecule has 5 nitrogen and oxygen atoms in total. The van der Waals surface area contributed by atoms with Crippen LogP contribution in [-0.4, -0.2) is 28.9 Å². The number of benzene rings is 1. The Labute approximate surface area is 91.6 Å². The highest BCUT2D eigenvalue weighted by molar-refractivity contribution is 6.40. The van der Waals surface area contributed by atoms with Crippen LogP contribution in [0.15, 0.2) is 30.3 Å². The van der Waals surface area contributed by atoms with Gasteiger partial charge in [-0.2, -0.15) is 0 Å². The lowest BCUT2D eigenvalue weighted by molar-refractivity contribution is -0.159. The van der Waals surface area contributed by atoms with E-state index in [1.807, 2.05) is 0 Å². The lowest BCUT2D eigenvalue weighted by Crippen LogP contribution is -2.28. The number of Topliss-reactive ketones (excluding diaryl/α,β-unsaturated/α-hetero) is 1. The Balaban J connectivity index is 2.69. The lowest BCUT2D eigenvalue weighted by Gasteiger charge is -2.07. The molecule has 0 aromatic heterocycles. The van der Waals surface area contributed by atoms with Gasteiger partial charge in [-0.3, -0.25) is 4.79 Å². The fourth-order valence-corrected chi connectivity index (χ4v) is 0.972. The Morgan fingerprint density at radius 2 is 1.75 bits per heavy atom. The summed E-state index contributed by atoms with van der Waals surface area (Å²) in [6, 6.07) is 7.80. The van der Waals surface area contributed by atoms with Gasteiger partial charge in [0.25, 0.3) is 5.78 Å². The van der Waals surface area contributed by atoms with Gasteiger partial charge in [-0.15, -0.1) is 0 Å². The van der Waals surface area contributed by atoms with Crippen molar-refractivity contribution in [1.82, 2.24) is 0 Å². The first kappa shape index (κ1) is 11.9. The van der Waals surface area contributed by atoms with Crippen molar-refractivity contribution in [3.63, 3.8) is 0 Å². The molecule has 0 spiro atoms. The lowest BCUT2D eigenvalue weighted by atomic mass is 10.1. The first-order valence-electron chi connectivity index (χ1n) is 4.55. The van der Waals surface area contributed by atoms with E-state index in [0.717, 1.165) is 0 Å². The van der Waals surface area contributed by atoms with Gasteiger partial charge in [0.05, 0.1) is 0 Å². The molecule has 16 heavy (non-hydrogen) atoms. The van der Waals surface area contributed by atoms with Crippen LogP contribution < -0.4 is 0 Å². The maximum Gasteiger partial charge on any atom is 0.380 e. The van der Waals surface area contributed by atoms with Gasteiger partial charge < -0.3 is 9.84 Å². The molecule has 0 bridgehead atoms. The summed E-state index contributed by atoms with van der Waals surface area (Å²) in [6.45, 7) is 1.18. The Hall–Kier alpha value is -2.17. The molecular formula is C11H10O5. The minimum absolute atomic E-state index is 0.171. The second kappa shape index (κ2) is 5.06. The smallest absolute Gasteiger partial charge is 0.380 e. The first-order valence-corrected chi connectivity index (χ1v) is 4.55. The molecule has 0 radical (unpaired) electrons. The zero-order valence-electron chi connectivity index (χ0n) is 8.54. The summed E-state index contributed by atoms with van der Waals surface area (Å²) in [5, 5.41) is 8.49. The van der Waals surface area contributed by atoms with Gasteiger partial charge in [0.1, 0.15) is 0 Å². The third-order valence-electron chi connectivity index (χ3n) is 1.85. The highest BCUT2D eigenvalue weighted by Crippen LogP contribution is 2.03. The van der Waals surface area contributed by atoms with E-state index in [1.165, 1.54) is 19.1 Å². The van der Waals surface area contributed by atoms with Crippen LogP contribution in [0, 0.1) is 0 Å². The second-order valence-electron chi connectivity index (χ2n) is 3.08. The molecule has 0 aliphatic rings. The van der Waals surface area contributed by atoms with Crippen LogP contribution >= 0.6 is 0 Å². The molecule has 0 fully saturated rings. The zero-order chi connectivity index (χ0) is 12.1. The second-order valence-corrected chi connectivity index (χ2v) is 3.08. The van der Waals surface area contributed by atoms with Crippen molar-refractivity contribution in [3.05, 3.63) is 35.9 Å². The molecule has 0 aliphatic heterocycles. The Morgan fingerprint density at radius 1 is 1.19 bits per heavy atom. The summed E-state index contributed by atoms with van der Waals surface area (Å²) >= 11 is 0. The first-order chi connectivity index (χ1) is 7.52. The number of rotatable bonds is 4. The van der Waals surface area contributed by atoms with Crippen molar-refractivity contribution in [2.45, 2.75) is 13.0 Å². The summed E-state index contributed by atoms with van der Waals surface area (Å²) in [5.74, 6) is -3.32. The number of carbonyl (C=O) groups is 3. The van der Waals surface area contributed by atoms with Crippen molar-refractivity contribution in [1.29, 1.82) is 0 Å². The number of hydrogen-bond donors (Lipinski definition) is 1. The van der Waals surface area contributed by atoms with E-state index in [9.17, 15) is 14.4 Å². The van der Waals surface area contributed by atoms with Gasteiger partial charge >= 0.3 is 11.9 Å². The third-order valence-corrected chi connectivity index (χ3v) is 1.85. The molecule has 1 aromatic carbocycles. The SMILES string of the molecule is C[C@H](OC(=O)C(=O)c1ccccc1)C(=O)O. The van der Waals surface area contributed by atoms with Crippen LogP contribution in [0.4, 0.5) is 0 Å². The monoisotopic (exact) mass is 222 g/mol. The molecule has 0 saturated carbocycles. The van der Waals surface area contributed by atoms with E-state index in [4.69, 9.17) is 5.11 Å². The van der Waals surface area contributed by atoms with Crippen LogP contribution in [0.25, 0.3) is 0 Å². The Morgan fingerprint density at radius 3 is 2.25 bits per heavy atom. The van der Waals surface area contributed by atoms with E-state index < -0.39 is 23.8 Å². The summed E-state index contributed by atoms with van der Waals surface area (Å²) in [5.41, 5.74) is 0.171. The highest BCUT2D eigenvalue weighted by Gasteiger charge is 2.23. The van der Waals surface area contributed by atoms with Crippen LogP contribution in [0.3, 0.4) is 0 Å². The number of ether oxygens (including phenoxy) is 1. The number of esters is 1. The summed E-state index contributed by atoms with van der Waals surface area (Å²) in [7, 11) is 0. The van der Waals surface area contributed by atoms with Crippen LogP contribution in [0.1, 0.15) is 17.3 Å². The van der Waals surface area contributed by atoms with E-state index in [0.29, 0.717) is 0 Å².